The number of benzene rings is 1. The van der Waals surface area contributed by atoms with Gasteiger partial charge in [-0.25, -0.2) is 13.8 Å². The number of thiazole rings is 1. The smallest absolute Gasteiger partial charge is 0.238 e. The van der Waals surface area contributed by atoms with Gasteiger partial charge < -0.3 is 5.32 Å². The number of halogens is 2. The van der Waals surface area contributed by atoms with E-state index in [2.05, 4.69) is 20.6 Å². The van der Waals surface area contributed by atoms with Crippen LogP contribution in [0.4, 0.5) is 14.5 Å². The van der Waals surface area contributed by atoms with Crippen LogP contribution in [0.15, 0.2) is 23.6 Å². The van der Waals surface area contributed by atoms with Crippen molar-refractivity contribution in [2.45, 2.75) is 13.5 Å². The van der Waals surface area contributed by atoms with Crippen LogP contribution in [-0.4, -0.2) is 53.4 Å². The van der Waals surface area contributed by atoms with Crippen molar-refractivity contribution in [1.29, 1.82) is 0 Å². The predicted octanol–water partition coefficient (Wildman–Crippen LogP) is 2.49. The molecule has 0 unspecified atom stereocenters. The summed E-state index contributed by atoms with van der Waals surface area (Å²) in [5, 5.41) is 5.57. The second-order valence-corrected chi connectivity index (χ2v) is 7.14. The van der Waals surface area contributed by atoms with Crippen LogP contribution in [0.25, 0.3) is 0 Å². The van der Waals surface area contributed by atoms with Gasteiger partial charge in [0.1, 0.15) is 11.6 Å². The van der Waals surface area contributed by atoms with Crippen molar-refractivity contribution in [2.75, 3.05) is 38.0 Å². The molecule has 1 N–H and O–H groups in total. The van der Waals surface area contributed by atoms with Crippen LogP contribution in [0.2, 0.25) is 0 Å². The third-order valence-electron chi connectivity index (χ3n) is 4.09. The van der Waals surface area contributed by atoms with Crippen molar-refractivity contribution in [3.8, 4) is 0 Å². The summed E-state index contributed by atoms with van der Waals surface area (Å²) in [5.41, 5.74) is 0.956. The lowest BCUT2D eigenvalue weighted by Gasteiger charge is -2.33. The summed E-state index contributed by atoms with van der Waals surface area (Å²) in [6.45, 7) is 6.17. The van der Waals surface area contributed by atoms with E-state index >= 15 is 0 Å². The molecule has 2 heterocycles. The molecule has 1 aromatic carbocycles. The monoisotopic (exact) mass is 366 g/mol. The number of nitrogens with one attached hydrogen (secondary N) is 1. The molecule has 2 aromatic rings. The Labute approximate surface area is 149 Å². The normalized spacial score (nSPS) is 16.1. The van der Waals surface area contributed by atoms with Crippen molar-refractivity contribution < 1.29 is 13.6 Å². The van der Waals surface area contributed by atoms with Gasteiger partial charge in [0.05, 0.1) is 22.9 Å². The van der Waals surface area contributed by atoms with E-state index in [0.717, 1.165) is 61.6 Å². The number of carbonyl (C=O) groups excluding carboxylic acids is 1. The van der Waals surface area contributed by atoms with Gasteiger partial charge in [0, 0.05) is 44.2 Å². The van der Waals surface area contributed by atoms with E-state index in [-0.39, 0.29) is 18.1 Å². The number of carbonyl (C=O) groups is 1. The van der Waals surface area contributed by atoms with Gasteiger partial charge in [0.15, 0.2) is 0 Å². The van der Waals surface area contributed by atoms with Crippen LogP contribution >= 0.6 is 11.3 Å². The maximum Gasteiger partial charge on any atom is 0.238 e. The molecule has 0 atom stereocenters. The largest absolute Gasteiger partial charge is 0.322 e. The fourth-order valence-corrected chi connectivity index (χ4v) is 3.41. The summed E-state index contributed by atoms with van der Waals surface area (Å²) < 4.78 is 26.7. The minimum absolute atomic E-state index is 0.123. The first-order chi connectivity index (χ1) is 12.0. The molecule has 5 nitrogen and oxygen atoms in total. The lowest BCUT2D eigenvalue weighted by atomic mass is 10.2. The number of aryl methyl sites for hydroxylation is 1. The van der Waals surface area contributed by atoms with Crippen LogP contribution in [0.1, 0.15) is 10.7 Å². The average molecular weight is 366 g/mol. The highest BCUT2D eigenvalue weighted by atomic mass is 32.1. The van der Waals surface area contributed by atoms with Gasteiger partial charge in [-0.1, -0.05) is 0 Å². The van der Waals surface area contributed by atoms with Gasteiger partial charge in [-0.05, 0) is 19.1 Å². The lowest BCUT2D eigenvalue weighted by Crippen LogP contribution is -2.48. The molecule has 1 aromatic heterocycles. The molecule has 0 bridgehead atoms. The van der Waals surface area contributed by atoms with Crippen LogP contribution in [0.5, 0.6) is 0 Å². The SMILES string of the molecule is Cc1nc(CN2CCN(CC(=O)Nc3cc(F)ccc3F)CC2)cs1. The van der Waals surface area contributed by atoms with E-state index in [0.29, 0.717) is 0 Å². The number of nitrogens with zero attached hydrogens (tertiary/aromatic N) is 3. The maximum absolute atomic E-state index is 13.6. The van der Waals surface area contributed by atoms with Gasteiger partial charge in [0.25, 0.3) is 0 Å². The Balaban J connectivity index is 1.45. The van der Waals surface area contributed by atoms with Gasteiger partial charge >= 0.3 is 0 Å². The zero-order chi connectivity index (χ0) is 17.8. The zero-order valence-corrected chi connectivity index (χ0v) is 14.8. The van der Waals surface area contributed by atoms with E-state index in [4.69, 9.17) is 0 Å². The molecule has 8 heteroatoms. The topological polar surface area (TPSA) is 48.5 Å². The van der Waals surface area contributed by atoms with Crippen molar-refractivity contribution in [3.05, 3.63) is 45.9 Å². The van der Waals surface area contributed by atoms with Crippen molar-refractivity contribution in [2.24, 2.45) is 0 Å². The molecule has 1 amide bonds. The van der Waals surface area contributed by atoms with Gasteiger partial charge in [-0.15, -0.1) is 11.3 Å². The number of anilines is 1. The molecule has 0 aliphatic carbocycles. The van der Waals surface area contributed by atoms with Gasteiger partial charge in [-0.2, -0.15) is 0 Å². The minimum atomic E-state index is -0.641. The highest BCUT2D eigenvalue weighted by Crippen LogP contribution is 2.16. The molecule has 1 aliphatic heterocycles. The number of rotatable bonds is 5. The Bertz CT molecular complexity index is 744. The van der Waals surface area contributed by atoms with Crippen LogP contribution in [0, 0.1) is 18.6 Å². The molecule has 134 valence electrons. The molecule has 25 heavy (non-hydrogen) atoms. The van der Waals surface area contributed by atoms with Crippen molar-refractivity contribution in [3.63, 3.8) is 0 Å². The lowest BCUT2D eigenvalue weighted by molar-refractivity contribution is -0.117. The summed E-state index contributed by atoms with van der Waals surface area (Å²) in [7, 11) is 0. The summed E-state index contributed by atoms with van der Waals surface area (Å²) in [6, 6.07) is 3.01. The minimum Gasteiger partial charge on any atom is -0.322 e. The fourth-order valence-electron chi connectivity index (χ4n) is 2.80. The number of amides is 1. The van der Waals surface area contributed by atoms with Crippen molar-refractivity contribution in [1.82, 2.24) is 14.8 Å². The van der Waals surface area contributed by atoms with Gasteiger partial charge in [-0.3, -0.25) is 14.6 Å². The highest BCUT2D eigenvalue weighted by Gasteiger charge is 2.20. The Morgan fingerprint density at radius 3 is 2.64 bits per heavy atom. The van der Waals surface area contributed by atoms with Gasteiger partial charge in [0.2, 0.25) is 5.91 Å². The second kappa shape index (κ2) is 7.99. The first-order valence-electron chi connectivity index (χ1n) is 8.10. The van der Waals surface area contributed by atoms with E-state index < -0.39 is 11.6 Å². The first-order valence-corrected chi connectivity index (χ1v) is 8.98. The van der Waals surface area contributed by atoms with E-state index in [1.54, 1.807) is 11.3 Å². The molecule has 0 spiro atoms. The number of hydrogen-bond donors (Lipinski definition) is 1. The Morgan fingerprint density at radius 1 is 1.24 bits per heavy atom. The molecule has 3 rings (SSSR count). The quantitative estimate of drug-likeness (QED) is 0.883. The molecular weight excluding hydrogens is 346 g/mol. The summed E-state index contributed by atoms with van der Waals surface area (Å²) in [5.74, 6) is -1.56. The van der Waals surface area contributed by atoms with Crippen LogP contribution < -0.4 is 5.32 Å². The van der Waals surface area contributed by atoms with E-state index in [1.165, 1.54) is 0 Å². The Morgan fingerprint density at radius 2 is 1.96 bits per heavy atom. The molecule has 0 radical (unpaired) electrons. The Kier molecular flexibility index (Phi) is 5.72. The van der Waals surface area contributed by atoms with Crippen molar-refractivity contribution >= 4 is 22.9 Å². The third-order valence-corrected chi connectivity index (χ3v) is 4.91. The predicted molar refractivity (Wildman–Crippen MR) is 93.6 cm³/mol. The standard InChI is InChI=1S/C17H20F2N4OS/c1-12-20-14(11-25-12)9-22-4-6-23(7-5-22)10-17(24)21-16-8-13(18)2-3-15(16)19/h2-3,8,11H,4-7,9-10H2,1H3,(H,21,24). The average Bonchev–Trinajstić information content (AvgIpc) is 2.98. The molecule has 0 saturated carbocycles. The maximum atomic E-state index is 13.6. The number of hydrogen-bond acceptors (Lipinski definition) is 5. The second-order valence-electron chi connectivity index (χ2n) is 6.08. The fraction of sp³-hybridized carbons (Fsp3) is 0.412. The molecular formula is C17H20F2N4OS. The van der Waals surface area contributed by atoms with Crippen LogP contribution in [-0.2, 0) is 11.3 Å². The molecule has 1 fully saturated rings. The van der Waals surface area contributed by atoms with Crippen LogP contribution in [0.3, 0.4) is 0 Å². The zero-order valence-electron chi connectivity index (χ0n) is 14.0. The number of piperazine rings is 1. The molecule has 1 aliphatic rings. The summed E-state index contributed by atoms with van der Waals surface area (Å²) >= 11 is 1.65. The highest BCUT2D eigenvalue weighted by molar-refractivity contribution is 7.09. The number of aromatic nitrogens is 1. The summed E-state index contributed by atoms with van der Waals surface area (Å²) in [6.07, 6.45) is 0. The summed E-state index contributed by atoms with van der Waals surface area (Å²) in [4.78, 5) is 20.8. The van der Waals surface area contributed by atoms with E-state index in [9.17, 15) is 13.6 Å². The first kappa shape index (κ1) is 17.9. The van der Waals surface area contributed by atoms with E-state index in [1.807, 2.05) is 11.8 Å². The third kappa shape index (κ3) is 5.04. The Hall–Kier alpha value is -1.90. The molecule has 1 saturated heterocycles.